The second-order valence-electron chi connectivity index (χ2n) is 4.82. The van der Waals surface area contributed by atoms with Crippen molar-refractivity contribution in [2.75, 3.05) is 12.4 Å². The van der Waals surface area contributed by atoms with Crippen LogP contribution in [-0.4, -0.2) is 23.1 Å². The Balaban J connectivity index is 1.92. The quantitative estimate of drug-likeness (QED) is 0.370. The maximum Gasteiger partial charge on any atom is 0.269 e. The molecule has 2 rings (SSSR count). The van der Waals surface area contributed by atoms with Crippen LogP contribution in [0.4, 0.5) is 11.4 Å². The number of nitro groups is 1. The van der Waals surface area contributed by atoms with Gasteiger partial charge in [0, 0.05) is 29.5 Å². The van der Waals surface area contributed by atoms with Gasteiger partial charge in [-0.1, -0.05) is 18.2 Å². The SMILES string of the molecule is COc1ccccc1/C=C/C(=O)NC(=S)Nc1ccc([N+](=O)[O-])cc1. The molecule has 0 heterocycles. The Labute approximate surface area is 149 Å². The normalized spacial score (nSPS) is 10.3. The van der Waals surface area contributed by atoms with E-state index in [1.54, 1.807) is 19.3 Å². The van der Waals surface area contributed by atoms with Crippen molar-refractivity contribution in [3.63, 3.8) is 0 Å². The zero-order valence-corrected chi connectivity index (χ0v) is 14.1. The largest absolute Gasteiger partial charge is 0.496 e. The van der Waals surface area contributed by atoms with Crippen molar-refractivity contribution < 1.29 is 14.5 Å². The van der Waals surface area contributed by atoms with Crippen LogP contribution in [0.1, 0.15) is 5.56 Å². The van der Waals surface area contributed by atoms with Gasteiger partial charge < -0.3 is 10.1 Å². The first kappa shape index (κ1) is 18.1. The molecule has 8 heteroatoms. The third kappa shape index (κ3) is 5.40. The van der Waals surface area contributed by atoms with Gasteiger partial charge in [-0.05, 0) is 36.5 Å². The number of nitrogens with zero attached hydrogens (tertiary/aromatic N) is 1. The molecule has 0 saturated heterocycles. The van der Waals surface area contributed by atoms with Crippen LogP contribution in [0.3, 0.4) is 0 Å². The molecule has 25 heavy (non-hydrogen) atoms. The van der Waals surface area contributed by atoms with Crippen molar-refractivity contribution in [2.45, 2.75) is 0 Å². The second kappa shape index (κ2) is 8.55. The van der Waals surface area contributed by atoms with E-state index in [0.29, 0.717) is 11.4 Å². The molecule has 0 aromatic heterocycles. The first-order valence-corrected chi connectivity index (χ1v) is 7.58. The number of para-hydroxylation sites is 1. The summed E-state index contributed by atoms with van der Waals surface area (Å²) in [6.45, 7) is 0. The number of thiocarbonyl (C=S) groups is 1. The average molecular weight is 357 g/mol. The Morgan fingerprint density at radius 2 is 1.88 bits per heavy atom. The third-order valence-electron chi connectivity index (χ3n) is 3.13. The average Bonchev–Trinajstić information content (AvgIpc) is 2.60. The topological polar surface area (TPSA) is 93.5 Å². The molecule has 128 valence electrons. The van der Waals surface area contributed by atoms with Gasteiger partial charge >= 0.3 is 0 Å². The van der Waals surface area contributed by atoms with Crippen LogP contribution in [0.25, 0.3) is 6.08 Å². The molecule has 7 nitrogen and oxygen atoms in total. The minimum atomic E-state index is -0.494. The van der Waals surface area contributed by atoms with Crippen molar-refractivity contribution in [3.05, 3.63) is 70.3 Å². The maximum absolute atomic E-state index is 11.9. The maximum atomic E-state index is 11.9. The molecule has 0 radical (unpaired) electrons. The van der Waals surface area contributed by atoms with E-state index in [1.165, 1.54) is 30.3 Å². The minimum Gasteiger partial charge on any atom is -0.496 e. The van der Waals surface area contributed by atoms with Crippen LogP contribution in [0.5, 0.6) is 5.75 Å². The van der Waals surface area contributed by atoms with Crippen LogP contribution < -0.4 is 15.4 Å². The van der Waals surface area contributed by atoms with E-state index in [9.17, 15) is 14.9 Å². The lowest BCUT2D eigenvalue weighted by molar-refractivity contribution is -0.384. The number of hydrogen-bond donors (Lipinski definition) is 2. The molecular formula is C17H15N3O4S. The molecule has 2 aromatic carbocycles. The highest BCUT2D eigenvalue weighted by Crippen LogP contribution is 2.18. The lowest BCUT2D eigenvalue weighted by atomic mass is 10.2. The van der Waals surface area contributed by atoms with Crippen molar-refractivity contribution in [2.24, 2.45) is 0 Å². The number of non-ortho nitro benzene ring substituents is 1. The zero-order valence-electron chi connectivity index (χ0n) is 13.3. The molecule has 2 aromatic rings. The number of benzene rings is 2. The van der Waals surface area contributed by atoms with Gasteiger partial charge in [0.15, 0.2) is 5.11 Å². The van der Waals surface area contributed by atoms with E-state index in [2.05, 4.69) is 10.6 Å². The molecular weight excluding hydrogens is 342 g/mol. The molecule has 0 spiro atoms. The molecule has 0 saturated carbocycles. The molecule has 0 unspecified atom stereocenters. The summed E-state index contributed by atoms with van der Waals surface area (Å²) in [6.07, 6.45) is 2.95. The predicted octanol–water partition coefficient (Wildman–Crippen LogP) is 3.13. The van der Waals surface area contributed by atoms with Gasteiger partial charge in [0.25, 0.3) is 5.69 Å². The highest BCUT2D eigenvalue weighted by atomic mass is 32.1. The highest BCUT2D eigenvalue weighted by molar-refractivity contribution is 7.80. The molecule has 0 aliphatic carbocycles. The summed E-state index contributed by atoms with van der Waals surface area (Å²) in [5, 5.41) is 16.0. The number of hydrogen-bond acceptors (Lipinski definition) is 5. The second-order valence-corrected chi connectivity index (χ2v) is 5.23. The number of rotatable bonds is 5. The summed E-state index contributed by atoms with van der Waals surface area (Å²) in [5.41, 5.74) is 1.26. The third-order valence-corrected chi connectivity index (χ3v) is 3.33. The molecule has 0 fully saturated rings. The van der Waals surface area contributed by atoms with Crippen LogP contribution in [0.2, 0.25) is 0 Å². The summed E-state index contributed by atoms with van der Waals surface area (Å²) in [6, 6.07) is 13.0. The van der Waals surface area contributed by atoms with Crippen LogP contribution >= 0.6 is 12.2 Å². The van der Waals surface area contributed by atoms with Gasteiger partial charge in [-0.25, -0.2) is 0 Å². The number of anilines is 1. The molecule has 1 amide bonds. The standard InChI is InChI=1S/C17H15N3O4S/c1-24-15-5-3-2-4-12(15)6-11-16(21)19-17(25)18-13-7-9-14(10-8-13)20(22)23/h2-11H,1H3,(H2,18,19,21,25)/b11-6+. The van der Waals surface area contributed by atoms with E-state index in [-0.39, 0.29) is 10.8 Å². The number of carbonyl (C=O) groups is 1. The Kier molecular flexibility index (Phi) is 6.19. The molecule has 0 bridgehead atoms. The zero-order chi connectivity index (χ0) is 18.2. The van der Waals surface area contributed by atoms with Crippen LogP contribution in [0, 0.1) is 10.1 Å². The first-order chi connectivity index (χ1) is 12.0. The Morgan fingerprint density at radius 3 is 2.52 bits per heavy atom. The fraction of sp³-hybridized carbons (Fsp3) is 0.0588. The first-order valence-electron chi connectivity index (χ1n) is 7.17. The Morgan fingerprint density at radius 1 is 1.20 bits per heavy atom. The number of nitro benzene ring substituents is 1. The van der Waals surface area contributed by atoms with Gasteiger partial charge in [0.1, 0.15) is 5.75 Å². The van der Waals surface area contributed by atoms with Crippen molar-refractivity contribution >= 4 is 40.7 Å². The van der Waals surface area contributed by atoms with Crippen LogP contribution in [0.15, 0.2) is 54.6 Å². The van der Waals surface area contributed by atoms with Gasteiger partial charge in [0.05, 0.1) is 12.0 Å². The number of methoxy groups -OCH3 is 1. The fourth-order valence-electron chi connectivity index (χ4n) is 1.95. The Hall–Kier alpha value is -3.26. The highest BCUT2D eigenvalue weighted by Gasteiger charge is 2.06. The number of amides is 1. The molecule has 0 atom stereocenters. The van der Waals surface area contributed by atoms with E-state index in [0.717, 1.165) is 5.56 Å². The van der Waals surface area contributed by atoms with Gasteiger partial charge in [0.2, 0.25) is 5.91 Å². The van der Waals surface area contributed by atoms with Crippen molar-refractivity contribution in [1.82, 2.24) is 5.32 Å². The van der Waals surface area contributed by atoms with Gasteiger partial charge in [-0.15, -0.1) is 0 Å². The van der Waals surface area contributed by atoms with E-state index in [4.69, 9.17) is 17.0 Å². The summed E-state index contributed by atoms with van der Waals surface area (Å²) in [7, 11) is 1.55. The lowest BCUT2D eigenvalue weighted by Crippen LogP contribution is -2.32. The fourth-order valence-corrected chi connectivity index (χ4v) is 2.17. The smallest absolute Gasteiger partial charge is 0.269 e. The van der Waals surface area contributed by atoms with Crippen molar-refractivity contribution in [1.29, 1.82) is 0 Å². The minimum absolute atomic E-state index is 0.0276. The summed E-state index contributed by atoms with van der Waals surface area (Å²) in [5.74, 6) is 0.239. The Bertz CT molecular complexity index is 819. The van der Waals surface area contributed by atoms with E-state index < -0.39 is 10.8 Å². The summed E-state index contributed by atoms with van der Waals surface area (Å²) < 4.78 is 5.20. The molecule has 0 aliphatic rings. The lowest BCUT2D eigenvalue weighted by Gasteiger charge is -2.08. The van der Waals surface area contributed by atoms with E-state index in [1.807, 2.05) is 18.2 Å². The molecule has 2 N–H and O–H groups in total. The summed E-state index contributed by atoms with van der Waals surface area (Å²) in [4.78, 5) is 22.0. The van der Waals surface area contributed by atoms with Crippen LogP contribution in [-0.2, 0) is 4.79 Å². The monoisotopic (exact) mass is 357 g/mol. The number of carbonyl (C=O) groups excluding carboxylic acids is 1. The van der Waals surface area contributed by atoms with Gasteiger partial charge in [-0.2, -0.15) is 0 Å². The molecule has 0 aliphatic heterocycles. The predicted molar refractivity (Wildman–Crippen MR) is 99.5 cm³/mol. The van der Waals surface area contributed by atoms with Crippen molar-refractivity contribution in [3.8, 4) is 5.75 Å². The van der Waals surface area contributed by atoms with E-state index >= 15 is 0 Å². The number of nitrogens with one attached hydrogen (secondary N) is 2. The number of ether oxygens (including phenoxy) is 1. The summed E-state index contributed by atoms with van der Waals surface area (Å²) >= 11 is 5.04. The van der Waals surface area contributed by atoms with Gasteiger partial charge in [-0.3, -0.25) is 20.2 Å².